The Bertz CT molecular complexity index is 1120. The third kappa shape index (κ3) is 4.55. The predicted molar refractivity (Wildman–Crippen MR) is 115 cm³/mol. The summed E-state index contributed by atoms with van der Waals surface area (Å²) in [4.78, 5) is 35.7. The van der Waals surface area contributed by atoms with Gasteiger partial charge in [-0.3, -0.25) is 19.7 Å². The van der Waals surface area contributed by atoms with Crippen molar-refractivity contribution < 1.29 is 14.5 Å². The lowest BCUT2D eigenvalue weighted by Crippen LogP contribution is -2.40. The molecule has 3 rings (SSSR count). The molecule has 0 unspecified atom stereocenters. The minimum Gasteiger partial charge on any atom is -0.347 e. The summed E-state index contributed by atoms with van der Waals surface area (Å²) in [7, 11) is 0. The predicted octanol–water partition coefficient (Wildman–Crippen LogP) is 5.24. The molecule has 0 spiro atoms. The van der Waals surface area contributed by atoms with Crippen molar-refractivity contribution in [2.75, 3.05) is 5.32 Å². The average molecular weight is 432 g/mol. The van der Waals surface area contributed by atoms with Gasteiger partial charge >= 0.3 is 0 Å². The molecule has 2 aromatic carbocycles. The number of amides is 2. The SMILES string of the molecule is CC(C)(C)NC(=O)c1sc2c(NC(=O)c3ccc([N+](=O)[O-])cc3)cccc2c1Cl. The molecule has 0 radical (unpaired) electrons. The highest BCUT2D eigenvalue weighted by molar-refractivity contribution is 7.22. The average Bonchev–Trinajstić information content (AvgIpc) is 2.98. The van der Waals surface area contributed by atoms with Crippen LogP contribution in [0.15, 0.2) is 42.5 Å². The molecule has 2 amide bonds. The summed E-state index contributed by atoms with van der Waals surface area (Å²) < 4.78 is 0.673. The van der Waals surface area contributed by atoms with E-state index in [2.05, 4.69) is 10.6 Å². The zero-order valence-corrected chi connectivity index (χ0v) is 17.5. The lowest BCUT2D eigenvalue weighted by Gasteiger charge is -2.19. The fourth-order valence-electron chi connectivity index (χ4n) is 2.66. The van der Waals surface area contributed by atoms with Crippen LogP contribution in [-0.4, -0.2) is 22.3 Å². The second-order valence-electron chi connectivity index (χ2n) is 7.39. The quantitative estimate of drug-likeness (QED) is 0.435. The van der Waals surface area contributed by atoms with E-state index in [1.165, 1.54) is 35.6 Å². The number of nitro benzene ring substituents is 1. The number of non-ortho nitro benzene ring substituents is 1. The van der Waals surface area contributed by atoms with Gasteiger partial charge < -0.3 is 10.6 Å². The number of halogens is 1. The van der Waals surface area contributed by atoms with Gasteiger partial charge in [0.15, 0.2) is 0 Å². The number of hydrogen-bond donors (Lipinski definition) is 2. The Morgan fingerprint density at radius 3 is 2.31 bits per heavy atom. The zero-order valence-electron chi connectivity index (χ0n) is 15.9. The normalized spacial score (nSPS) is 11.3. The topological polar surface area (TPSA) is 101 Å². The van der Waals surface area contributed by atoms with E-state index in [4.69, 9.17) is 11.6 Å². The molecule has 0 saturated heterocycles. The lowest BCUT2D eigenvalue weighted by atomic mass is 10.1. The third-order valence-corrected chi connectivity index (χ3v) is 5.68. The van der Waals surface area contributed by atoms with E-state index in [0.29, 0.717) is 25.7 Å². The van der Waals surface area contributed by atoms with E-state index >= 15 is 0 Å². The second-order valence-corrected chi connectivity index (χ2v) is 8.79. The molecule has 2 N–H and O–H groups in total. The zero-order chi connectivity index (χ0) is 21.3. The summed E-state index contributed by atoms with van der Waals surface area (Å²) in [6.07, 6.45) is 0. The van der Waals surface area contributed by atoms with Crippen molar-refractivity contribution in [2.45, 2.75) is 26.3 Å². The number of nitrogens with zero attached hydrogens (tertiary/aromatic N) is 1. The van der Waals surface area contributed by atoms with Crippen molar-refractivity contribution in [3.63, 3.8) is 0 Å². The highest BCUT2D eigenvalue weighted by atomic mass is 35.5. The smallest absolute Gasteiger partial charge is 0.269 e. The van der Waals surface area contributed by atoms with Gasteiger partial charge in [0.05, 0.1) is 20.3 Å². The highest BCUT2D eigenvalue weighted by Crippen LogP contribution is 2.39. The Morgan fingerprint density at radius 2 is 1.72 bits per heavy atom. The molecule has 0 atom stereocenters. The Labute approximate surface area is 175 Å². The monoisotopic (exact) mass is 431 g/mol. The molecular weight excluding hydrogens is 414 g/mol. The maximum atomic E-state index is 12.6. The molecule has 150 valence electrons. The van der Waals surface area contributed by atoms with E-state index in [0.717, 1.165) is 0 Å². The van der Waals surface area contributed by atoms with Gasteiger partial charge in [-0.15, -0.1) is 11.3 Å². The van der Waals surface area contributed by atoms with Gasteiger partial charge in [-0.25, -0.2) is 0 Å². The molecule has 0 aliphatic rings. The maximum absolute atomic E-state index is 12.6. The van der Waals surface area contributed by atoms with Crippen LogP contribution in [0.25, 0.3) is 10.1 Å². The van der Waals surface area contributed by atoms with Crippen molar-refractivity contribution in [1.29, 1.82) is 0 Å². The van der Waals surface area contributed by atoms with Crippen molar-refractivity contribution >= 4 is 56.2 Å². The van der Waals surface area contributed by atoms with Crippen LogP contribution < -0.4 is 10.6 Å². The molecule has 0 fully saturated rings. The van der Waals surface area contributed by atoms with Crippen molar-refractivity contribution in [3.8, 4) is 0 Å². The minimum atomic E-state index is -0.528. The summed E-state index contributed by atoms with van der Waals surface area (Å²) in [6.45, 7) is 5.63. The number of nitrogens with one attached hydrogen (secondary N) is 2. The summed E-state index contributed by atoms with van der Waals surface area (Å²) in [5, 5.41) is 17.4. The van der Waals surface area contributed by atoms with Crippen molar-refractivity contribution in [3.05, 3.63) is 68.0 Å². The molecule has 7 nitrogen and oxygen atoms in total. The van der Waals surface area contributed by atoms with E-state index in [9.17, 15) is 19.7 Å². The van der Waals surface area contributed by atoms with Crippen LogP contribution in [0.5, 0.6) is 0 Å². The molecule has 9 heteroatoms. The number of hydrogen-bond acceptors (Lipinski definition) is 5. The van der Waals surface area contributed by atoms with Crippen molar-refractivity contribution in [2.24, 2.45) is 0 Å². The molecular formula is C20H18ClN3O4S. The molecule has 1 heterocycles. The van der Waals surface area contributed by atoms with Gasteiger partial charge in [0.2, 0.25) is 0 Å². The second kappa shape index (κ2) is 7.81. The summed E-state index contributed by atoms with van der Waals surface area (Å²) >= 11 is 7.62. The summed E-state index contributed by atoms with van der Waals surface area (Å²) in [5.74, 6) is -0.700. The Balaban J connectivity index is 1.92. The van der Waals surface area contributed by atoms with Crippen LogP contribution >= 0.6 is 22.9 Å². The van der Waals surface area contributed by atoms with Crippen LogP contribution in [0.3, 0.4) is 0 Å². The first-order valence-electron chi connectivity index (χ1n) is 8.66. The van der Waals surface area contributed by atoms with E-state index in [-0.39, 0.29) is 17.2 Å². The number of anilines is 1. The number of benzene rings is 2. The van der Waals surface area contributed by atoms with Gasteiger partial charge in [0.25, 0.3) is 17.5 Å². The number of carbonyl (C=O) groups excluding carboxylic acids is 2. The van der Waals surface area contributed by atoms with Crippen LogP contribution in [0.4, 0.5) is 11.4 Å². The Morgan fingerprint density at radius 1 is 1.07 bits per heavy atom. The van der Waals surface area contributed by atoms with Gasteiger partial charge in [0, 0.05) is 28.6 Å². The third-order valence-electron chi connectivity index (χ3n) is 3.94. The van der Waals surface area contributed by atoms with Crippen LogP contribution in [0.2, 0.25) is 5.02 Å². The Hall–Kier alpha value is -2.97. The molecule has 0 aliphatic carbocycles. The van der Waals surface area contributed by atoms with Gasteiger partial charge in [0.1, 0.15) is 4.88 Å². The fraction of sp³-hybridized carbons (Fsp3) is 0.200. The first kappa shape index (κ1) is 20.8. The molecule has 0 bridgehead atoms. The van der Waals surface area contributed by atoms with Crippen LogP contribution in [-0.2, 0) is 0 Å². The number of fused-ring (bicyclic) bond motifs is 1. The first-order chi connectivity index (χ1) is 13.6. The number of carbonyl (C=O) groups is 2. The Kier molecular flexibility index (Phi) is 5.59. The summed E-state index contributed by atoms with van der Waals surface area (Å²) in [5.41, 5.74) is 0.278. The van der Waals surface area contributed by atoms with Crippen molar-refractivity contribution in [1.82, 2.24) is 5.32 Å². The first-order valence-corrected chi connectivity index (χ1v) is 9.85. The number of rotatable bonds is 4. The van der Waals surface area contributed by atoms with Crippen LogP contribution in [0.1, 0.15) is 40.8 Å². The number of nitro groups is 1. The summed E-state index contributed by atoms with van der Waals surface area (Å²) in [6, 6.07) is 10.5. The van der Waals surface area contributed by atoms with E-state index in [1.807, 2.05) is 20.8 Å². The fourth-order valence-corrected chi connectivity index (χ4v) is 4.13. The molecule has 29 heavy (non-hydrogen) atoms. The van der Waals surface area contributed by atoms with E-state index in [1.54, 1.807) is 18.2 Å². The maximum Gasteiger partial charge on any atom is 0.269 e. The van der Waals surface area contributed by atoms with Gasteiger partial charge in [-0.05, 0) is 39.0 Å². The van der Waals surface area contributed by atoms with Gasteiger partial charge in [-0.2, -0.15) is 0 Å². The molecule has 0 aliphatic heterocycles. The highest BCUT2D eigenvalue weighted by Gasteiger charge is 2.23. The molecule has 1 aromatic heterocycles. The minimum absolute atomic E-state index is 0.0943. The lowest BCUT2D eigenvalue weighted by molar-refractivity contribution is -0.384. The van der Waals surface area contributed by atoms with E-state index < -0.39 is 16.4 Å². The largest absolute Gasteiger partial charge is 0.347 e. The standard InChI is InChI=1S/C20H18ClN3O4S/c1-20(2,3)23-19(26)17-15(21)13-5-4-6-14(16(13)29-17)22-18(25)11-7-9-12(10-8-11)24(27)28/h4-10H,1-3H3,(H,22,25)(H,23,26). The number of thiophene rings is 1. The van der Waals surface area contributed by atoms with Crippen LogP contribution in [0, 0.1) is 10.1 Å². The van der Waals surface area contributed by atoms with Gasteiger partial charge in [-0.1, -0.05) is 23.7 Å². The molecule has 3 aromatic rings. The molecule has 0 saturated carbocycles.